The molecule has 1 amide bonds. The van der Waals surface area contributed by atoms with Crippen LogP contribution in [0.15, 0.2) is 53.5 Å². The number of amides is 1. The summed E-state index contributed by atoms with van der Waals surface area (Å²) >= 11 is 0. The minimum atomic E-state index is -3.90. The summed E-state index contributed by atoms with van der Waals surface area (Å²) in [6.45, 7) is 12.2. The van der Waals surface area contributed by atoms with Crippen LogP contribution in [-0.4, -0.2) is 25.2 Å². The van der Waals surface area contributed by atoms with E-state index in [1.54, 1.807) is 19.1 Å². The van der Waals surface area contributed by atoms with Gasteiger partial charge in [-0.05, 0) is 32.9 Å². The van der Waals surface area contributed by atoms with Crippen LogP contribution >= 0.6 is 0 Å². The van der Waals surface area contributed by atoms with Crippen LogP contribution in [0.25, 0.3) is 0 Å². The van der Waals surface area contributed by atoms with Gasteiger partial charge in [0.05, 0.1) is 11.4 Å². The minimum Gasteiger partial charge on any atom is -0.268 e. The zero-order valence-corrected chi connectivity index (χ0v) is 12.8. The molecule has 0 atom stereocenters. The fourth-order valence-corrected chi connectivity index (χ4v) is 3.06. The molecule has 20 heavy (non-hydrogen) atoms. The molecule has 0 saturated heterocycles. The molecule has 0 radical (unpaired) electrons. The van der Waals surface area contributed by atoms with Crippen LogP contribution in [0.5, 0.6) is 0 Å². The Bertz CT molecular complexity index is 642. The van der Waals surface area contributed by atoms with Crippen molar-refractivity contribution in [2.45, 2.75) is 25.7 Å². The first-order valence-electron chi connectivity index (χ1n) is 6.10. The summed E-state index contributed by atoms with van der Waals surface area (Å²) in [5.41, 5.74) is 1.69. The number of hydrogen-bond donors (Lipinski definition) is 0. The smallest absolute Gasteiger partial charge is 0.267 e. The van der Waals surface area contributed by atoms with Crippen molar-refractivity contribution in [1.82, 2.24) is 4.31 Å². The van der Waals surface area contributed by atoms with Gasteiger partial charge in [-0.25, -0.2) is 12.7 Å². The van der Waals surface area contributed by atoms with Crippen molar-refractivity contribution < 1.29 is 13.2 Å². The summed E-state index contributed by atoms with van der Waals surface area (Å²) in [5.74, 6) is -0.617. The first-order valence-corrected chi connectivity index (χ1v) is 7.54. The summed E-state index contributed by atoms with van der Waals surface area (Å²) in [6.07, 6.45) is 0. The van der Waals surface area contributed by atoms with Crippen molar-refractivity contribution in [3.8, 4) is 0 Å². The van der Waals surface area contributed by atoms with Crippen LogP contribution in [0.4, 0.5) is 0 Å². The molecule has 0 aliphatic carbocycles. The lowest BCUT2D eigenvalue weighted by molar-refractivity contribution is -0.122. The number of rotatable bonds is 5. The molecule has 0 aromatic heterocycles. The highest BCUT2D eigenvalue weighted by molar-refractivity contribution is 7.89. The molecule has 0 saturated carbocycles. The second-order valence-corrected chi connectivity index (χ2v) is 6.73. The van der Waals surface area contributed by atoms with Gasteiger partial charge in [0.25, 0.3) is 15.9 Å². The Morgan fingerprint density at radius 1 is 1.15 bits per heavy atom. The Hall–Kier alpha value is -1.88. The lowest BCUT2D eigenvalue weighted by atomic mass is 10.2. The van der Waals surface area contributed by atoms with Crippen LogP contribution in [0, 0.1) is 6.92 Å². The van der Waals surface area contributed by atoms with Crippen molar-refractivity contribution in [2.24, 2.45) is 0 Å². The van der Waals surface area contributed by atoms with Gasteiger partial charge in [0.15, 0.2) is 0 Å². The van der Waals surface area contributed by atoms with Crippen LogP contribution in [-0.2, 0) is 14.8 Å². The second kappa shape index (κ2) is 6.05. The van der Waals surface area contributed by atoms with E-state index in [0.717, 1.165) is 9.87 Å². The van der Waals surface area contributed by atoms with Gasteiger partial charge in [0.2, 0.25) is 0 Å². The highest BCUT2D eigenvalue weighted by Gasteiger charge is 2.29. The molecule has 1 rings (SSSR count). The summed E-state index contributed by atoms with van der Waals surface area (Å²) in [6, 6.07) is 6.36. The van der Waals surface area contributed by atoms with Gasteiger partial charge in [0, 0.05) is 5.57 Å². The predicted molar refractivity (Wildman–Crippen MR) is 79.7 cm³/mol. The van der Waals surface area contributed by atoms with Gasteiger partial charge in [-0.2, -0.15) is 0 Å². The van der Waals surface area contributed by atoms with E-state index in [1.807, 2.05) is 6.92 Å². The monoisotopic (exact) mass is 293 g/mol. The lowest BCUT2D eigenvalue weighted by Crippen LogP contribution is -2.38. The number of hydrogen-bond acceptors (Lipinski definition) is 3. The van der Waals surface area contributed by atoms with Crippen LogP contribution < -0.4 is 0 Å². The number of carbonyl (C=O) groups is 1. The SMILES string of the molecule is C=C(C)CN(C(=O)C(=C)C)S(=O)(=O)c1ccc(C)cc1. The molecule has 0 spiro atoms. The fourth-order valence-electron chi connectivity index (χ4n) is 1.56. The van der Waals surface area contributed by atoms with E-state index in [-0.39, 0.29) is 17.0 Å². The first-order chi connectivity index (χ1) is 9.16. The minimum absolute atomic E-state index is 0.0537. The maximum Gasteiger partial charge on any atom is 0.267 e. The molecular weight excluding hydrogens is 274 g/mol. The third kappa shape index (κ3) is 3.57. The Kier molecular flexibility index (Phi) is 4.89. The molecular formula is C15H19NO3S. The molecule has 0 aliphatic rings. The van der Waals surface area contributed by atoms with Gasteiger partial charge in [-0.15, -0.1) is 0 Å². The highest BCUT2D eigenvalue weighted by atomic mass is 32.2. The summed E-state index contributed by atoms with van der Waals surface area (Å²) < 4.78 is 25.9. The van der Waals surface area contributed by atoms with E-state index in [4.69, 9.17) is 0 Å². The number of nitrogens with zero attached hydrogens (tertiary/aromatic N) is 1. The van der Waals surface area contributed by atoms with Gasteiger partial charge in [-0.1, -0.05) is 36.4 Å². The van der Waals surface area contributed by atoms with Gasteiger partial charge in [0.1, 0.15) is 0 Å². The summed E-state index contributed by atoms with van der Waals surface area (Å²) in [5, 5.41) is 0. The zero-order valence-electron chi connectivity index (χ0n) is 12.0. The molecule has 0 fully saturated rings. The van der Waals surface area contributed by atoms with Crippen molar-refractivity contribution in [2.75, 3.05) is 6.54 Å². The Labute approximate surface area is 120 Å². The largest absolute Gasteiger partial charge is 0.268 e. The van der Waals surface area contributed by atoms with Crippen LogP contribution in [0.2, 0.25) is 0 Å². The Morgan fingerprint density at radius 3 is 2.05 bits per heavy atom. The fraction of sp³-hybridized carbons (Fsp3) is 0.267. The van der Waals surface area contributed by atoms with E-state index >= 15 is 0 Å². The Morgan fingerprint density at radius 2 is 1.65 bits per heavy atom. The maximum atomic E-state index is 12.5. The van der Waals surface area contributed by atoms with Crippen LogP contribution in [0.1, 0.15) is 19.4 Å². The number of benzene rings is 1. The van der Waals surface area contributed by atoms with Gasteiger partial charge < -0.3 is 0 Å². The van der Waals surface area contributed by atoms with Crippen LogP contribution in [0.3, 0.4) is 0 Å². The van der Waals surface area contributed by atoms with E-state index in [2.05, 4.69) is 13.2 Å². The first kappa shape index (κ1) is 16.2. The molecule has 4 nitrogen and oxygen atoms in total. The third-order valence-corrected chi connectivity index (χ3v) is 4.36. The lowest BCUT2D eigenvalue weighted by Gasteiger charge is -2.22. The highest BCUT2D eigenvalue weighted by Crippen LogP contribution is 2.19. The molecule has 0 aliphatic heterocycles. The number of sulfonamides is 1. The van der Waals surface area contributed by atoms with Crippen molar-refractivity contribution in [3.63, 3.8) is 0 Å². The molecule has 0 unspecified atom stereocenters. The molecule has 1 aromatic rings. The average Bonchev–Trinajstić information content (AvgIpc) is 2.35. The normalized spacial score (nSPS) is 10.9. The van der Waals surface area contributed by atoms with Gasteiger partial charge >= 0.3 is 0 Å². The quantitative estimate of drug-likeness (QED) is 0.619. The predicted octanol–water partition coefficient (Wildman–Crippen LogP) is 2.66. The molecule has 0 bridgehead atoms. The standard InChI is InChI=1S/C15H19NO3S/c1-11(2)10-16(15(17)12(3)4)20(18,19)14-8-6-13(5)7-9-14/h6-9H,1,3,10H2,2,4-5H3. The molecule has 0 heterocycles. The van der Waals surface area contributed by atoms with E-state index < -0.39 is 15.9 Å². The molecule has 5 heteroatoms. The van der Waals surface area contributed by atoms with Gasteiger partial charge in [-0.3, -0.25) is 4.79 Å². The second-order valence-electron chi connectivity index (χ2n) is 4.87. The zero-order chi connectivity index (χ0) is 15.5. The van der Waals surface area contributed by atoms with Crippen molar-refractivity contribution in [1.29, 1.82) is 0 Å². The molecule has 0 N–H and O–H groups in total. The number of carbonyl (C=O) groups excluding carboxylic acids is 1. The van der Waals surface area contributed by atoms with E-state index in [9.17, 15) is 13.2 Å². The maximum absolute atomic E-state index is 12.5. The molecule has 1 aromatic carbocycles. The summed E-state index contributed by atoms with van der Waals surface area (Å²) in [4.78, 5) is 12.2. The van der Waals surface area contributed by atoms with Crippen molar-refractivity contribution in [3.05, 3.63) is 54.1 Å². The van der Waals surface area contributed by atoms with E-state index in [1.165, 1.54) is 19.1 Å². The van der Waals surface area contributed by atoms with E-state index in [0.29, 0.717) is 5.57 Å². The molecule has 108 valence electrons. The summed E-state index contributed by atoms with van der Waals surface area (Å²) in [7, 11) is -3.90. The Balaban J connectivity index is 3.30. The average molecular weight is 293 g/mol. The topological polar surface area (TPSA) is 54.5 Å². The number of aryl methyl sites for hydroxylation is 1. The third-order valence-electron chi connectivity index (χ3n) is 2.61. The van der Waals surface area contributed by atoms with Crippen molar-refractivity contribution >= 4 is 15.9 Å².